The molecular weight excluding hydrogens is 473 g/mol. The summed E-state index contributed by atoms with van der Waals surface area (Å²) in [5.41, 5.74) is 1.16. The zero-order valence-electron chi connectivity index (χ0n) is 17.6. The van der Waals surface area contributed by atoms with Crippen molar-refractivity contribution in [1.82, 2.24) is 14.8 Å². The number of amides is 3. The van der Waals surface area contributed by atoms with Gasteiger partial charge in [-0.15, -0.1) is 0 Å². The lowest BCUT2D eigenvalue weighted by molar-refractivity contribution is 0.0669. The van der Waals surface area contributed by atoms with Crippen LogP contribution in [0.15, 0.2) is 36.5 Å². The summed E-state index contributed by atoms with van der Waals surface area (Å²) in [4.78, 5) is 46.2. The van der Waals surface area contributed by atoms with Gasteiger partial charge in [-0.2, -0.15) is 0 Å². The molecule has 12 heteroatoms. The highest BCUT2D eigenvalue weighted by molar-refractivity contribution is 7.96. The van der Waals surface area contributed by atoms with Crippen LogP contribution in [0.1, 0.15) is 10.4 Å². The molecule has 2 aliphatic heterocycles. The van der Waals surface area contributed by atoms with Gasteiger partial charge in [-0.1, -0.05) is 24.2 Å². The molecule has 0 bridgehead atoms. The minimum atomic E-state index is -0.799. The third-order valence-corrected chi connectivity index (χ3v) is 6.19. The normalized spacial score (nSPS) is 18.4. The van der Waals surface area contributed by atoms with Crippen molar-refractivity contribution in [2.75, 3.05) is 49.6 Å². The van der Waals surface area contributed by atoms with Gasteiger partial charge in [-0.25, -0.2) is 14.2 Å². The van der Waals surface area contributed by atoms with Crippen molar-refractivity contribution in [2.24, 2.45) is 0 Å². The lowest BCUT2D eigenvalue weighted by atomic mass is 10.2. The van der Waals surface area contributed by atoms with Gasteiger partial charge in [-0.05, 0) is 30.3 Å². The Kier molecular flexibility index (Phi) is 6.61. The Morgan fingerprint density at radius 2 is 1.94 bits per heavy atom. The van der Waals surface area contributed by atoms with Crippen molar-refractivity contribution >= 4 is 52.8 Å². The van der Waals surface area contributed by atoms with Crippen LogP contribution in [0.4, 0.5) is 25.4 Å². The second-order valence-electron chi connectivity index (χ2n) is 7.63. The number of carbonyl (C=O) groups is 3. The minimum absolute atomic E-state index is 0.0702. The highest BCUT2D eigenvalue weighted by Crippen LogP contribution is 2.29. The number of cyclic esters (lactones) is 1. The Morgan fingerprint density at radius 3 is 2.55 bits per heavy atom. The van der Waals surface area contributed by atoms with Gasteiger partial charge in [0.2, 0.25) is 0 Å². The maximum absolute atomic E-state index is 15.0. The maximum Gasteiger partial charge on any atom is 0.416 e. The van der Waals surface area contributed by atoms with E-state index in [1.807, 2.05) is 4.90 Å². The maximum atomic E-state index is 15.0. The number of hydrogen-bond acceptors (Lipinski definition) is 6. The van der Waals surface area contributed by atoms with Crippen LogP contribution in [0.25, 0.3) is 0 Å². The first kappa shape index (κ1) is 23.1. The van der Waals surface area contributed by atoms with Gasteiger partial charge < -0.3 is 14.5 Å². The number of nitrogens with zero attached hydrogens (tertiary/aromatic N) is 5. The number of halogens is 2. The van der Waals surface area contributed by atoms with Crippen molar-refractivity contribution in [2.45, 2.75) is 6.23 Å². The van der Waals surface area contributed by atoms with Gasteiger partial charge >= 0.3 is 6.09 Å². The van der Waals surface area contributed by atoms with E-state index in [-0.39, 0.29) is 12.5 Å². The number of thiol groups is 1. The summed E-state index contributed by atoms with van der Waals surface area (Å²) in [6.45, 7) is 1.82. The Balaban J connectivity index is 1.40. The molecule has 4 rings (SSSR count). The summed E-state index contributed by atoms with van der Waals surface area (Å²) in [5, 5.41) is -0.226. The quantitative estimate of drug-likeness (QED) is 0.520. The molecule has 0 N–H and O–H groups in total. The van der Waals surface area contributed by atoms with Crippen LogP contribution in [0.2, 0.25) is 5.15 Å². The molecule has 0 aliphatic carbocycles. The van der Waals surface area contributed by atoms with Crippen molar-refractivity contribution in [3.05, 3.63) is 53.1 Å². The standard InChI is InChI=1S/C21H21ClFN5O4S/c1-25(21(31)33)18-12-28(20(30)32-18)14-3-4-16(15(23)10-14)26-6-8-27(9-7-26)19(29)13-2-5-17(22)24-11-13/h2-5,10-11,18H,6-9,12H2,1H3,(H,31,33). The van der Waals surface area contributed by atoms with E-state index in [9.17, 15) is 18.8 Å². The summed E-state index contributed by atoms with van der Waals surface area (Å²) in [7, 11) is 1.47. The molecule has 0 radical (unpaired) electrons. The average Bonchev–Trinajstić information content (AvgIpc) is 3.20. The number of aromatic nitrogens is 1. The smallest absolute Gasteiger partial charge is 0.416 e. The van der Waals surface area contributed by atoms with E-state index in [0.717, 1.165) is 0 Å². The Labute approximate surface area is 200 Å². The molecule has 2 saturated heterocycles. The number of hydrogen-bond donors (Lipinski definition) is 1. The minimum Gasteiger partial charge on any atom is -0.423 e. The molecule has 1 atom stereocenters. The zero-order valence-corrected chi connectivity index (χ0v) is 19.3. The SMILES string of the molecule is CN(C(=O)S)C1CN(c2ccc(N3CCN(C(=O)c4ccc(Cl)nc4)CC3)c(F)c2)C(=O)O1. The topological polar surface area (TPSA) is 86.3 Å². The number of ether oxygens (including phenoxy) is 1. The predicted molar refractivity (Wildman–Crippen MR) is 124 cm³/mol. The highest BCUT2D eigenvalue weighted by atomic mass is 35.5. The number of carbonyl (C=O) groups excluding carboxylic acids is 3. The molecule has 0 spiro atoms. The van der Waals surface area contributed by atoms with Gasteiger partial charge in [0.1, 0.15) is 11.0 Å². The molecule has 1 unspecified atom stereocenters. The van der Waals surface area contributed by atoms with Crippen molar-refractivity contribution in [3.8, 4) is 0 Å². The lowest BCUT2D eigenvalue weighted by Crippen LogP contribution is -2.49. The Morgan fingerprint density at radius 1 is 1.21 bits per heavy atom. The number of rotatable bonds is 4. The van der Waals surface area contributed by atoms with Crippen molar-refractivity contribution < 1.29 is 23.5 Å². The predicted octanol–water partition coefficient (Wildman–Crippen LogP) is 3.10. The molecule has 9 nitrogen and oxygen atoms in total. The lowest BCUT2D eigenvalue weighted by Gasteiger charge is -2.36. The summed E-state index contributed by atoms with van der Waals surface area (Å²) >= 11 is 9.50. The number of pyridine rings is 1. The van der Waals surface area contributed by atoms with Crippen LogP contribution in [0.3, 0.4) is 0 Å². The summed E-state index contributed by atoms with van der Waals surface area (Å²) in [6, 6.07) is 7.67. The zero-order chi connectivity index (χ0) is 23.7. The average molecular weight is 494 g/mol. The summed E-state index contributed by atoms with van der Waals surface area (Å²) in [5.74, 6) is -0.648. The van der Waals surface area contributed by atoms with Gasteiger partial charge in [0, 0.05) is 39.4 Å². The first-order valence-corrected chi connectivity index (χ1v) is 11.0. The molecule has 174 valence electrons. The Bertz CT molecular complexity index is 1080. The fourth-order valence-corrected chi connectivity index (χ4v) is 3.98. The van der Waals surface area contributed by atoms with Crippen LogP contribution in [-0.2, 0) is 4.74 Å². The number of anilines is 2. The highest BCUT2D eigenvalue weighted by Gasteiger charge is 2.36. The first-order valence-electron chi connectivity index (χ1n) is 10.1. The number of piperazine rings is 1. The molecular formula is C21H21ClFN5O4S. The van der Waals surface area contributed by atoms with Crippen LogP contribution in [0.5, 0.6) is 0 Å². The van der Waals surface area contributed by atoms with Crippen molar-refractivity contribution in [1.29, 1.82) is 0 Å². The molecule has 0 saturated carbocycles. The molecule has 3 amide bonds. The molecule has 1 aromatic heterocycles. The van der Waals surface area contributed by atoms with Gasteiger partial charge in [0.15, 0.2) is 6.23 Å². The molecule has 2 aromatic rings. The van der Waals surface area contributed by atoms with Gasteiger partial charge in [0.05, 0.1) is 23.5 Å². The van der Waals surface area contributed by atoms with Crippen LogP contribution in [0, 0.1) is 5.82 Å². The summed E-state index contributed by atoms with van der Waals surface area (Å²) < 4.78 is 20.1. The summed E-state index contributed by atoms with van der Waals surface area (Å²) in [6.07, 6.45) is -0.0307. The molecule has 1 aromatic carbocycles. The van der Waals surface area contributed by atoms with E-state index >= 15 is 0 Å². The fourth-order valence-electron chi connectivity index (χ4n) is 3.74. The fraction of sp³-hybridized carbons (Fsp3) is 0.333. The molecule has 3 heterocycles. The van der Waals surface area contributed by atoms with Crippen LogP contribution >= 0.6 is 24.2 Å². The van der Waals surface area contributed by atoms with Crippen molar-refractivity contribution in [3.63, 3.8) is 0 Å². The monoisotopic (exact) mass is 493 g/mol. The second kappa shape index (κ2) is 9.44. The Hall–Kier alpha value is -3.05. The van der Waals surface area contributed by atoms with E-state index in [1.165, 1.54) is 29.1 Å². The van der Waals surface area contributed by atoms with Crippen LogP contribution < -0.4 is 9.80 Å². The molecule has 33 heavy (non-hydrogen) atoms. The van der Waals surface area contributed by atoms with E-state index in [2.05, 4.69) is 17.6 Å². The third kappa shape index (κ3) is 4.83. The van der Waals surface area contributed by atoms with Crippen LogP contribution in [-0.4, -0.2) is 78.0 Å². The van der Waals surface area contributed by atoms with Gasteiger partial charge in [0.25, 0.3) is 11.1 Å². The van der Waals surface area contributed by atoms with E-state index < -0.39 is 23.4 Å². The van der Waals surface area contributed by atoms with E-state index in [0.29, 0.717) is 48.3 Å². The largest absolute Gasteiger partial charge is 0.423 e. The third-order valence-electron chi connectivity index (χ3n) is 5.65. The van der Waals surface area contributed by atoms with E-state index in [1.54, 1.807) is 29.2 Å². The molecule has 2 fully saturated rings. The number of likely N-dealkylation sites (N-methyl/N-ethyl adjacent to an activating group) is 1. The number of benzene rings is 1. The second-order valence-corrected chi connectivity index (χ2v) is 8.40. The van der Waals surface area contributed by atoms with E-state index in [4.69, 9.17) is 16.3 Å². The van der Waals surface area contributed by atoms with Gasteiger partial charge in [-0.3, -0.25) is 19.4 Å². The molecule has 2 aliphatic rings. The first-order chi connectivity index (χ1) is 15.7.